The third-order valence-corrected chi connectivity index (χ3v) is 22.4. The van der Waals surface area contributed by atoms with Crippen LogP contribution in [0, 0.1) is 0 Å². The number of nitrogens with zero attached hydrogens (tertiary/aromatic N) is 1. The summed E-state index contributed by atoms with van der Waals surface area (Å²) >= 11 is 15.9. The molecule has 13 heavy (non-hydrogen) atoms. The highest BCUT2D eigenvalue weighted by molar-refractivity contribution is 14.4. The van der Waals surface area contributed by atoms with Crippen LogP contribution in [0.1, 0.15) is 20.8 Å². The number of hydrogen-bond donors (Lipinski definition) is 0. The van der Waals surface area contributed by atoms with Gasteiger partial charge in [0.2, 0.25) is 0 Å². The first kappa shape index (κ1) is 17.8. The first-order valence-corrected chi connectivity index (χ1v) is 25.9. The normalized spacial score (nSPS) is 15.2. The second-order valence-electron chi connectivity index (χ2n) is 3.44. The van der Waals surface area contributed by atoms with Crippen molar-refractivity contribution in [1.82, 2.24) is 4.23 Å². The summed E-state index contributed by atoms with van der Waals surface area (Å²) in [5.74, 6) is 0. The van der Waals surface area contributed by atoms with Crippen molar-refractivity contribution >= 4 is 132 Å². The second kappa shape index (κ2) is 6.28. The van der Waals surface area contributed by atoms with Crippen molar-refractivity contribution in [3.8, 4) is 0 Å². The zero-order chi connectivity index (χ0) is 11.1. The molecule has 0 atom stereocenters. The van der Waals surface area contributed by atoms with Crippen LogP contribution in [0.15, 0.2) is 0 Å². The second-order valence-corrected chi connectivity index (χ2v) is 71.9. The zero-order valence-electron chi connectivity index (χ0n) is 7.22. The summed E-state index contributed by atoms with van der Waals surface area (Å²) in [5, 5.41) is 0. The minimum Gasteiger partial charge on any atom is -0.293 e. The first-order valence-electron chi connectivity index (χ1n) is 3.30. The average Bonchev–Trinajstić information content (AvgIpc) is 1.44. The molecule has 0 aromatic rings. The van der Waals surface area contributed by atoms with E-state index in [9.17, 15) is 0 Å². The van der Waals surface area contributed by atoms with Crippen LogP contribution in [0.5, 0.6) is 0 Å². The summed E-state index contributed by atoms with van der Waals surface area (Å²) in [6.07, 6.45) is 0. The number of hydrogen-bond acceptors (Lipinski definition) is 1. The Morgan fingerprint density at radius 3 is 1.00 bits per heavy atom. The fraction of sp³-hybridized carbons (Fsp3) is 1.00. The van der Waals surface area contributed by atoms with Crippen molar-refractivity contribution in [2.75, 3.05) is 0 Å². The summed E-state index contributed by atoms with van der Waals surface area (Å²) in [6, 6.07) is 0. The average molecular weight is 889 g/mol. The fourth-order valence-corrected chi connectivity index (χ4v) is 73.5. The van der Waals surface area contributed by atoms with Crippen LogP contribution in [0.2, 0.25) is 0 Å². The van der Waals surface area contributed by atoms with Crippen LogP contribution in [0.3, 0.4) is 0 Å². The molecule has 0 fully saturated rings. The monoisotopic (exact) mass is 888 g/mol. The Bertz CT molecular complexity index is 145. The SMILES string of the molecule is CC(C)(C)N([Si](I)(I)I)[Si](I)(I)I. The van der Waals surface area contributed by atoms with Gasteiger partial charge >= 0.3 is 1.45 Å². The summed E-state index contributed by atoms with van der Waals surface area (Å²) in [4.78, 5) is 0. The molecule has 80 valence electrons. The van der Waals surface area contributed by atoms with Crippen LogP contribution >= 0.6 is 131 Å². The maximum atomic E-state index is 2.76. The molecular formula is C4H9I6NSi2. The maximum Gasteiger partial charge on any atom is 0.324 e. The van der Waals surface area contributed by atoms with Crippen molar-refractivity contribution in [3.63, 3.8) is 0 Å². The van der Waals surface area contributed by atoms with E-state index < -0.39 is 1.45 Å². The van der Waals surface area contributed by atoms with Gasteiger partial charge in [0.05, 0.1) is 0 Å². The molecule has 0 heterocycles. The molecule has 0 N–H and O–H groups in total. The summed E-state index contributed by atoms with van der Waals surface area (Å²) in [5.41, 5.74) is 0.297. The first-order chi connectivity index (χ1) is 5.37. The highest BCUT2D eigenvalue weighted by Gasteiger charge is 2.50. The van der Waals surface area contributed by atoms with Crippen LogP contribution < -0.4 is 0 Å². The molecule has 0 radical (unpaired) electrons. The van der Waals surface area contributed by atoms with Gasteiger partial charge < -0.3 is 0 Å². The zero-order valence-corrected chi connectivity index (χ0v) is 22.2. The van der Waals surface area contributed by atoms with Crippen molar-refractivity contribution in [3.05, 3.63) is 0 Å². The maximum absolute atomic E-state index is 2.76. The third kappa shape index (κ3) is 7.06. The lowest BCUT2D eigenvalue weighted by Crippen LogP contribution is -2.59. The largest absolute Gasteiger partial charge is 0.324 e. The lowest BCUT2D eigenvalue weighted by Gasteiger charge is -2.45. The Hall–Kier alpha value is 4.77. The summed E-state index contributed by atoms with van der Waals surface area (Å²) in [7, 11) is 0. The van der Waals surface area contributed by atoms with E-state index in [1.807, 2.05) is 0 Å². The van der Waals surface area contributed by atoms with Gasteiger partial charge in [0.15, 0.2) is 0 Å². The Labute approximate surface area is 159 Å². The van der Waals surface area contributed by atoms with Crippen molar-refractivity contribution in [1.29, 1.82) is 0 Å². The van der Waals surface area contributed by atoms with Crippen LogP contribution in [-0.2, 0) is 0 Å². The third-order valence-electron chi connectivity index (χ3n) is 1.18. The smallest absolute Gasteiger partial charge is 0.293 e. The topological polar surface area (TPSA) is 3.24 Å². The lowest BCUT2D eigenvalue weighted by molar-refractivity contribution is 0.383. The Balaban J connectivity index is 5.02. The Morgan fingerprint density at radius 1 is 0.769 bits per heavy atom. The van der Waals surface area contributed by atoms with Gasteiger partial charge in [-0.3, -0.25) is 4.23 Å². The molecule has 0 unspecified atom stereocenters. The van der Waals surface area contributed by atoms with Gasteiger partial charge in [-0.05, 0) is 20.8 Å². The van der Waals surface area contributed by atoms with E-state index >= 15 is 0 Å². The molecule has 0 aliphatic heterocycles. The molecule has 9 heteroatoms. The van der Waals surface area contributed by atoms with E-state index in [1.54, 1.807) is 0 Å². The van der Waals surface area contributed by atoms with Crippen LogP contribution in [0.4, 0.5) is 0 Å². The van der Waals surface area contributed by atoms with Gasteiger partial charge in [0.25, 0.3) is 0 Å². The number of rotatable bonds is 2. The minimum absolute atomic E-state index is 0.297. The highest BCUT2D eigenvalue weighted by atomic mass is 127. The molecule has 1 nitrogen and oxygen atoms in total. The molecule has 0 aromatic heterocycles. The number of halogens is 6. The molecule has 0 aromatic carbocycles. The Kier molecular flexibility index (Phi) is 8.59. The lowest BCUT2D eigenvalue weighted by atomic mass is 10.1. The van der Waals surface area contributed by atoms with Gasteiger partial charge in [-0.1, -0.05) is 131 Å². The predicted octanol–water partition coefficient (Wildman–Crippen LogP) is 5.57. The van der Waals surface area contributed by atoms with E-state index in [1.165, 1.54) is 0 Å². The summed E-state index contributed by atoms with van der Waals surface area (Å²) in [6.45, 7) is 6.97. The van der Waals surface area contributed by atoms with Gasteiger partial charge in [0, 0.05) is 5.54 Å². The van der Waals surface area contributed by atoms with Crippen molar-refractivity contribution in [2.24, 2.45) is 0 Å². The molecule has 0 saturated carbocycles. The molecule has 0 rings (SSSR count). The molecular weight excluding hydrogens is 880 g/mol. The van der Waals surface area contributed by atoms with Gasteiger partial charge in [-0.15, -0.1) is 0 Å². The quantitative estimate of drug-likeness (QED) is 0.200. The van der Waals surface area contributed by atoms with Gasteiger partial charge in [-0.25, -0.2) is 0 Å². The minimum atomic E-state index is -1.27. The van der Waals surface area contributed by atoms with E-state index in [0.717, 1.165) is 0 Å². The fourth-order valence-electron chi connectivity index (χ4n) is 0.904. The van der Waals surface area contributed by atoms with Crippen LogP contribution in [-0.4, -0.2) is 11.2 Å². The van der Waals surface area contributed by atoms with Gasteiger partial charge in [-0.2, -0.15) is 0 Å². The van der Waals surface area contributed by atoms with E-state index in [0.29, 0.717) is 5.54 Å². The van der Waals surface area contributed by atoms with Crippen molar-refractivity contribution < 1.29 is 0 Å². The summed E-state index contributed by atoms with van der Waals surface area (Å²) < 4.78 is 0.210. The van der Waals surface area contributed by atoms with E-state index in [-0.39, 0.29) is 0 Å². The Morgan fingerprint density at radius 2 is 1.00 bits per heavy atom. The van der Waals surface area contributed by atoms with Gasteiger partial charge in [0.1, 0.15) is 0 Å². The molecule has 0 spiro atoms. The molecule has 0 aliphatic rings. The molecule has 0 amide bonds. The highest BCUT2D eigenvalue weighted by Crippen LogP contribution is 2.48. The molecule has 0 aliphatic carbocycles. The van der Waals surface area contributed by atoms with Crippen LogP contribution in [0.25, 0.3) is 0 Å². The van der Waals surface area contributed by atoms with E-state index in [4.69, 9.17) is 0 Å². The molecule has 0 saturated heterocycles. The standard InChI is InChI=1S/C4H9I6NSi2/c1-4(2,3)11(12(5,6)7)13(8,9)10/h1-3H3. The predicted molar refractivity (Wildman–Crippen MR) is 117 cm³/mol. The molecule has 0 bridgehead atoms. The van der Waals surface area contributed by atoms with Crippen molar-refractivity contribution in [2.45, 2.75) is 26.3 Å². The van der Waals surface area contributed by atoms with E-state index in [2.05, 4.69) is 156 Å².